The second-order valence-corrected chi connectivity index (χ2v) is 5.93. The molecular formula is C21H17FN2O3. The van der Waals surface area contributed by atoms with Crippen LogP contribution >= 0.6 is 0 Å². The fourth-order valence-corrected chi connectivity index (χ4v) is 2.44. The molecule has 0 radical (unpaired) electrons. The Balaban J connectivity index is 1.57. The highest BCUT2D eigenvalue weighted by Crippen LogP contribution is 2.22. The van der Waals surface area contributed by atoms with Gasteiger partial charge in [0.15, 0.2) is 5.78 Å². The van der Waals surface area contributed by atoms with E-state index in [0.29, 0.717) is 22.6 Å². The maximum atomic E-state index is 12.8. The lowest BCUT2D eigenvalue weighted by Crippen LogP contribution is -2.19. The molecule has 0 atom stereocenters. The van der Waals surface area contributed by atoms with Crippen molar-refractivity contribution >= 4 is 17.9 Å². The number of carbonyl (C=O) groups is 2. The number of amides is 1. The number of furan rings is 1. The molecule has 0 aliphatic heterocycles. The van der Waals surface area contributed by atoms with Crippen LogP contribution in [0.3, 0.4) is 0 Å². The van der Waals surface area contributed by atoms with E-state index in [2.05, 4.69) is 10.5 Å². The molecule has 1 amide bonds. The lowest BCUT2D eigenvalue weighted by atomic mass is 10.1. The highest BCUT2D eigenvalue weighted by Gasteiger charge is 2.06. The third kappa shape index (κ3) is 4.98. The van der Waals surface area contributed by atoms with Crippen LogP contribution in [0, 0.1) is 5.82 Å². The number of nitrogens with zero attached hydrogens (tertiary/aromatic N) is 1. The van der Waals surface area contributed by atoms with Crippen molar-refractivity contribution < 1.29 is 18.4 Å². The summed E-state index contributed by atoms with van der Waals surface area (Å²) in [6.45, 7) is 1.51. The van der Waals surface area contributed by atoms with E-state index in [1.165, 1.54) is 25.3 Å². The Bertz CT molecular complexity index is 973. The van der Waals surface area contributed by atoms with Gasteiger partial charge in [-0.2, -0.15) is 5.10 Å². The Morgan fingerprint density at radius 2 is 1.74 bits per heavy atom. The summed E-state index contributed by atoms with van der Waals surface area (Å²) in [6.07, 6.45) is 1.50. The summed E-state index contributed by atoms with van der Waals surface area (Å²) in [7, 11) is 0. The second kappa shape index (κ2) is 8.23. The van der Waals surface area contributed by atoms with Crippen LogP contribution in [0.1, 0.15) is 28.6 Å². The van der Waals surface area contributed by atoms with Gasteiger partial charge in [0.25, 0.3) is 0 Å². The summed E-state index contributed by atoms with van der Waals surface area (Å²) in [5.41, 5.74) is 4.56. The molecule has 136 valence electrons. The zero-order valence-corrected chi connectivity index (χ0v) is 14.6. The topological polar surface area (TPSA) is 71.7 Å². The minimum atomic E-state index is -0.346. The van der Waals surface area contributed by atoms with Crippen LogP contribution in [0.2, 0.25) is 0 Å². The molecule has 0 fully saturated rings. The van der Waals surface area contributed by atoms with E-state index < -0.39 is 0 Å². The highest BCUT2D eigenvalue weighted by atomic mass is 19.1. The Morgan fingerprint density at radius 3 is 2.41 bits per heavy atom. The molecule has 0 aliphatic carbocycles. The molecule has 0 bridgehead atoms. The SMILES string of the molecule is CC(=O)c1ccc(-c2ccc(/C=N/NC(=O)Cc3ccc(F)cc3)o2)cc1. The number of carbonyl (C=O) groups excluding carboxylic acids is 2. The summed E-state index contributed by atoms with van der Waals surface area (Å²) in [4.78, 5) is 23.1. The summed E-state index contributed by atoms with van der Waals surface area (Å²) in [5.74, 6) is 0.448. The number of hydrogen-bond donors (Lipinski definition) is 1. The van der Waals surface area contributed by atoms with Gasteiger partial charge in [-0.15, -0.1) is 0 Å². The number of ketones is 1. The average Bonchev–Trinajstić information content (AvgIpc) is 3.12. The van der Waals surface area contributed by atoms with Crippen molar-refractivity contribution in [3.05, 3.63) is 83.4 Å². The van der Waals surface area contributed by atoms with Crippen LogP contribution < -0.4 is 5.43 Å². The van der Waals surface area contributed by atoms with Gasteiger partial charge in [0.05, 0.1) is 12.6 Å². The zero-order valence-electron chi connectivity index (χ0n) is 14.6. The second-order valence-electron chi connectivity index (χ2n) is 5.93. The molecule has 5 nitrogen and oxygen atoms in total. The van der Waals surface area contributed by atoms with Gasteiger partial charge in [-0.25, -0.2) is 9.82 Å². The number of rotatable bonds is 6. The highest BCUT2D eigenvalue weighted by molar-refractivity contribution is 5.94. The average molecular weight is 364 g/mol. The lowest BCUT2D eigenvalue weighted by Gasteiger charge is -2.00. The Kier molecular flexibility index (Phi) is 5.56. The molecule has 1 heterocycles. The fourth-order valence-electron chi connectivity index (χ4n) is 2.44. The van der Waals surface area contributed by atoms with E-state index in [0.717, 1.165) is 5.56 Å². The summed E-state index contributed by atoms with van der Waals surface area (Å²) < 4.78 is 18.5. The van der Waals surface area contributed by atoms with Crippen LogP contribution in [-0.2, 0) is 11.2 Å². The largest absolute Gasteiger partial charge is 0.455 e. The van der Waals surface area contributed by atoms with Gasteiger partial charge in [-0.3, -0.25) is 9.59 Å². The molecule has 1 aromatic heterocycles. The molecule has 0 saturated heterocycles. The Hall–Kier alpha value is -3.54. The van der Waals surface area contributed by atoms with E-state index >= 15 is 0 Å². The number of benzene rings is 2. The number of Topliss-reactive ketones (excluding diaryl/α,β-unsaturated/α-hetero) is 1. The first-order valence-corrected chi connectivity index (χ1v) is 8.29. The first kappa shape index (κ1) is 18.3. The van der Waals surface area contributed by atoms with E-state index in [9.17, 15) is 14.0 Å². The number of hydrazone groups is 1. The third-order valence-corrected chi connectivity index (χ3v) is 3.86. The first-order valence-electron chi connectivity index (χ1n) is 8.29. The molecule has 3 rings (SSSR count). The fraction of sp³-hybridized carbons (Fsp3) is 0.0952. The van der Waals surface area contributed by atoms with Crippen LogP contribution in [0.5, 0.6) is 0 Å². The van der Waals surface area contributed by atoms with Crippen LogP contribution in [-0.4, -0.2) is 17.9 Å². The van der Waals surface area contributed by atoms with Gasteiger partial charge in [0, 0.05) is 11.1 Å². The van der Waals surface area contributed by atoms with Gasteiger partial charge in [-0.05, 0) is 36.8 Å². The minimum Gasteiger partial charge on any atom is -0.455 e. The van der Waals surface area contributed by atoms with Crippen molar-refractivity contribution in [2.75, 3.05) is 0 Å². The van der Waals surface area contributed by atoms with Crippen molar-refractivity contribution in [2.24, 2.45) is 5.10 Å². The molecule has 3 aromatic rings. The van der Waals surface area contributed by atoms with E-state index in [-0.39, 0.29) is 23.9 Å². The monoisotopic (exact) mass is 364 g/mol. The minimum absolute atomic E-state index is 0.00481. The van der Waals surface area contributed by atoms with Gasteiger partial charge >= 0.3 is 0 Å². The molecule has 0 unspecified atom stereocenters. The van der Waals surface area contributed by atoms with E-state index in [1.807, 2.05) is 0 Å². The first-order chi connectivity index (χ1) is 13.0. The van der Waals surface area contributed by atoms with Crippen LogP contribution in [0.4, 0.5) is 4.39 Å². The van der Waals surface area contributed by atoms with Gasteiger partial charge in [0.2, 0.25) is 5.91 Å². The summed E-state index contributed by atoms with van der Waals surface area (Å²) in [6, 6.07) is 16.3. The maximum Gasteiger partial charge on any atom is 0.244 e. The number of halogens is 1. The summed E-state index contributed by atoms with van der Waals surface area (Å²) in [5, 5.41) is 3.86. The van der Waals surface area contributed by atoms with Crippen LogP contribution in [0.25, 0.3) is 11.3 Å². The Morgan fingerprint density at radius 1 is 1.04 bits per heavy atom. The van der Waals surface area contributed by atoms with Gasteiger partial charge < -0.3 is 4.42 Å². The number of nitrogens with one attached hydrogen (secondary N) is 1. The van der Waals surface area contributed by atoms with Crippen LogP contribution in [0.15, 0.2) is 70.2 Å². The Labute approximate surface area is 155 Å². The van der Waals surface area contributed by atoms with Crippen molar-refractivity contribution in [1.29, 1.82) is 0 Å². The van der Waals surface area contributed by atoms with E-state index in [4.69, 9.17) is 4.42 Å². The smallest absolute Gasteiger partial charge is 0.244 e. The van der Waals surface area contributed by atoms with E-state index in [1.54, 1.807) is 48.5 Å². The maximum absolute atomic E-state index is 12.8. The molecule has 0 saturated carbocycles. The molecule has 6 heteroatoms. The van der Waals surface area contributed by atoms with Crippen molar-refractivity contribution in [2.45, 2.75) is 13.3 Å². The predicted octanol–water partition coefficient (Wildman–Crippen LogP) is 3.98. The molecule has 1 N–H and O–H groups in total. The molecule has 27 heavy (non-hydrogen) atoms. The standard InChI is InChI=1S/C21H17FN2O3/c1-14(25)16-4-6-17(7-5-16)20-11-10-19(27-20)13-23-24-21(26)12-15-2-8-18(22)9-3-15/h2-11,13H,12H2,1H3,(H,24,26)/b23-13+. The van der Waals surface area contributed by atoms with Gasteiger partial charge in [-0.1, -0.05) is 36.4 Å². The molecule has 0 spiro atoms. The van der Waals surface area contributed by atoms with Crippen molar-refractivity contribution in [3.63, 3.8) is 0 Å². The molecule has 0 aliphatic rings. The van der Waals surface area contributed by atoms with Crippen molar-refractivity contribution in [3.8, 4) is 11.3 Å². The normalized spacial score (nSPS) is 10.9. The third-order valence-electron chi connectivity index (χ3n) is 3.86. The predicted molar refractivity (Wildman–Crippen MR) is 100.0 cm³/mol. The van der Waals surface area contributed by atoms with Gasteiger partial charge in [0.1, 0.15) is 17.3 Å². The molecular weight excluding hydrogens is 347 g/mol. The molecule has 2 aromatic carbocycles. The van der Waals surface area contributed by atoms with Crippen molar-refractivity contribution in [1.82, 2.24) is 5.43 Å². The summed E-state index contributed by atoms with van der Waals surface area (Å²) >= 11 is 0. The number of hydrogen-bond acceptors (Lipinski definition) is 4. The quantitative estimate of drug-likeness (QED) is 0.408. The lowest BCUT2D eigenvalue weighted by molar-refractivity contribution is -0.120. The zero-order chi connectivity index (χ0) is 19.2.